The Hall–Kier alpha value is -0.362. The number of pyridine rings is 1. The molecule has 0 atom stereocenters. The maximum absolute atomic E-state index is 12.1. The molecule has 1 aromatic rings. The zero-order valence-electron chi connectivity index (χ0n) is 7.38. The van der Waals surface area contributed by atoms with E-state index >= 15 is 0 Å². The first-order valence-electron chi connectivity index (χ1n) is 2.92. The van der Waals surface area contributed by atoms with E-state index in [1.807, 2.05) is 0 Å². The van der Waals surface area contributed by atoms with E-state index in [0.29, 0.717) is 5.56 Å². The standard InChI is InChI=1S/C6H5FN.C2H5.CH3.Mo/c1-5-2-6(7)4-8-3-5;1-2;;/h2-4H,1H2;1H2,2H3;1H3;/q3*-1;+3. The molecule has 0 saturated heterocycles. The molecule has 0 aliphatic rings. The molecule has 0 aliphatic heterocycles. The third kappa shape index (κ3) is 7.74. The van der Waals surface area contributed by atoms with Crippen LogP contribution >= 0.6 is 0 Å². The van der Waals surface area contributed by atoms with Crippen LogP contribution in [0.25, 0.3) is 0 Å². The third-order valence-corrected chi connectivity index (χ3v) is 0.762. The Morgan fingerprint density at radius 3 is 2.08 bits per heavy atom. The molecule has 12 heavy (non-hydrogen) atoms. The molecule has 1 rings (SSSR count). The monoisotopic (exact) mass is 252 g/mol. The number of halogens is 1. The summed E-state index contributed by atoms with van der Waals surface area (Å²) in [5.41, 5.74) is 0.602. The molecule has 0 aromatic carbocycles. The van der Waals surface area contributed by atoms with E-state index in [1.165, 1.54) is 12.3 Å². The fraction of sp³-hybridized carbons (Fsp3) is 0.111. The van der Waals surface area contributed by atoms with Crippen LogP contribution in [-0.2, 0) is 21.1 Å². The van der Waals surface area contributed by atoms with Crippen LogP contribution in [0.5, 0.6) is 0 Å². The van der Waals surface area contributed by atoms with Crippen molar-refractivity contribution in [2.45, 2.75) is 6.92 Å². The zero-order valence-corrected chi connectivity index (χ0v) is 9.39. The van der Waals surface area contributed by atoms with Crippen molar-refractivity contribution < 1.29 is 25.5 Å². The number of hydrogen-bond acceptors (Lipinski definition) is 1. The van der Waals surface area contributed by atoms with Gasteiger partial charge in [0.05, 0.1) is 5.82 Å². The molecule has 1 heterocycles. The summed E-state index contributed by atoms with van der Waals surface area (Å²) in [6, 6.07) is 1.33. The molecule has 3 heteroatoms. The van der Waals surface area contributed by atoms with E-state index in [-0.39, 0.29) is 34.3 Å². The van der Waals surface area contributed by atoms with Gasteiger partial charge in [-0.25, -0.2) is 4.39 Å². The first-order chi connectivity index (χ1) is 4.79. The molecule has 0 spiro atoms. The Labute approximate surface area is 88.7 Å². The van der Waals surface area contributed by atoms with Crippen LogP contribution in [-0.4, -0.2) is 4.98 Å². The molecule has 0 bridgehead atoms. The van der Waals surface area contributed by atoms with Crippen molar-refractivity contribution in [1.82, 2.24) is 4.98 Å². The minimum Gasteiger partial charge on any atom is -0.358 e. The summed E-state index contributed by atoms with van der Waals surface area (Å²) in [4.78, 5) is 3.55. The van der Waals surface area contributed by atoms with Crippen molar-refractivity contribution in [3.8, 4) is 0 Å². The quantitative estimate of drug-likeness (QED) is 0.509. The first-order valence-corrected chi connectivity index (χ1v) is 2.92. The van der Waals surface area contributed by atoms with Crippen molar-refractivity contribution in [3.63, 3.8) is 0 Å². The SMILES string of the molecule is [CH2-]C.[CH2-]c1cncc(F)c1.[CH3-].[Mo+3]. The van der Waals surface area contributed by atoms with Gasteiger partial charge < -0.3 is 19.3 Å². The van der Waals surface area contributed by atoms with Crippen LogP contribution in [0.3, 0.4) is 0 Å². The second-order valence-electron chi connectivity index (χ2n) is 1.51. The fourth-order valence-electron chi connectivity index (χ4n) is 0.456. The van der Waals surface area contributed by atoms with Crippen LogP contribution in [0.15, 0.2) is 18.5 Å². The Balaban J connectivity index is -0.000000189. The van der Waals surface area contributed by atoms with Crippen LogP contribution in [0.2, 0.25) is 0 Å². The van der Waals surface area contributed by atoms with E-state index in [4.69, 9.17) is 0 Å². The number of nitrogens with zero attached hydrogens (tertiary/aromatic N) is 1. The van der Waals surface area contributed by atoms with Crippen molar-refractivity contribution in [1.29, 1.82) is 0 Å². The summed E-state index contributed by atoms with van der Waals surface area (Å²) in [6.45, 7) is 8.48. The molecular formula is C9H13FMoN. The van der Waals surface area contributed by atoms with Gasteiger partial charge in [0.15, 0.2) is 0 Å². The van der Waals surface area contributed by atoms with E-state index in [9.17, 15) is 4.39 Å². The number of rotatable bonds is 0. The van der Waals surface area contributed by atoms with E-state index in [0.717, 1.165) is 6.20 Å². The molecule has 0 N–H and O–H groups in total. The van der Waals surface area contributed by atoms with Crippen molar-refractivity contribution in [2.24, 2.45) is 0 Å². The number of hydrogen-bond donors (Lipinski definition) is 0. The average molecular weight is 250 g/mol. The molecular weight excluding hydrogens is 237 g/mol. The van der Waals surface area contributed by atoms with Crippen LogP contribution in [0, 0.1) is 27.1 Å². The second-order valence-corrected chi connectivity index (χ2v) is 1.51. The Morgan fingerprint density at radius 2 is 1.83 bits per heavy atom. The minimum atomic E-state index is -0.336. The summed E-state index contributed by atoms with van der Waals surface area (Å²) in [6.07, 6.45) is 2.65. The van der Waals surface area contributed by atoms with Crippen molar-refractivity contribution in [3.05, 3.63) is 51.1 Å². The molecule has 0 unspecified atom stereocenters. The van der Waals surface area contributed by atoms with Gasteiger partial charge in [0, 0.05) is 6.20 Å². The maximum Gasteiger partial charge on any atom is 3.00 e. The van der Waals surface area contributed by atoms with Gasteiger partial charge in [-0.3, -0.25) is 0 Å². The Kier molecular flexibility index (Phi) is 15.6. The molecule has 0 aliphatic carbocycles. The minimum absolute atomic E-state index is 0. The zero-order chi connectivity index (χ0) is 7.98. The predicted molar refractivity (Wildman–Crippen MR) is 46.1 cm³/mol. The van der Waals surface area contributed by atoms with Gasteiger partial charge in [0.25, 0.3) is 0 Å². The average Bonchev–Trinajstić information content (AvgIpc) is 1.91. The van der Waals surface area contributed by atoms with Crippen LogP contribution in [0.4, 0.5) is 4.39 Å². The Bertz CT molecular complexity index is 174. The molecule has 1 nitrogen and oxygen atoms in total. The molecule has 1 radical (unpaired) electrons. The summed E-state index contributed by atoms with van der Waals surface area (Å²) < 4.78 is 12.1. The van der Waals surface area contributed by atoms with Gasteiger partial charge in [-0.05, 0) is 0 Å². The maximum atomic E-state index is 12.1. The topological polar surface area (TPSA) is 12.9 Å². The van der Waals surface area contributed by atoms with Gasteiger partial charge in [-0.1, -0.05) is 6.20 Å². The van der Waals surface area contributed by atoms with E-state index in [2.05, 4.69) is 18.8 Å². The predicted octanol–water partition coefficient (Wildman–Crippen LogP) is 2.69. The van der Waals surface area contributed by atoms with Crippen LogP contribution in [0.1, 0.15) is 12.5 Å². The van der Waals surface area contributed by atoms with Gasteiger partial charge >= 0.3 is 21.1 Å². The largest absolute Gasteiger partial charge is 3.00 e. The van der Waals surface area contributed by atoms with Crippen LogP contribution < -0.4 is 0 Å². The third-order valence-electron chi connectivity index (χ3n) is 0.762. The van der Waals surface area contributed by atoms with Gasteiger partial charge in [-0.2, -0.15) is 19.4 Å². The summed E-state index contributed by atoms with van der Waals surface area (Å²) >= 11 is 0. The second kappa shape index (κ2) is 10.6. The van der Waals surface area contributed by atoms with Gasteiger partial charge in [-0.15, -0.1) is 6.07 Å². The van der Waals surface area contributed by atoms with Gasteiger partial charge in [0.2, 0.25) is 0 Å². The summed E-state index contributed by atoms with van der Waals surface area (Å²) in [5.74, 6) is -0.336. The first kappa shape index (κ1) is 17.7. The molecule has 0 fully saturated rings. The van der Waals surface area contributed by atoms with Crippen molar-refractivity contribution >= 4 is 0 Å². The summed E-state index contributed by atoms with van der Waals surface area (Å²) in [7, 11) is 0. The van der Waals surface area contributed by atoms with Gasteiger partial charge in [0.1, 0.15) is 0 Å². The smallest absolute Gasteiger partial charge is 0.358 e. The van der Waals surface area contributed by atoms with E-state index in [1.54, 1.807) is 6.92 Å². The fourth-order valence-corrected chi connectivity index (χ4v) is 0.456. The molecule has 1 aromatic heterocycles. The normalized spacial score (nSPS) is 6.58. The molecule has 67 valence electrons. The number of aromatic nitrogens is 1. The van der Waals surface area contributed by atoms with Crippen molar-refractivity contribution in [2.75, 3.05) is 0 Å². The Morgan fingerprint density at radius 1 is 1.33 bits per heavy atom. The molecule has 0 saturated carbocycles. The molecule has 0 amide bonds. The van der Waals surface area contributed by atoms with E-state index < -0.39 is 0 Å². The summed E-state index contributed by atoms with van der Waals surface area (Å²) in [5, 5.41) is 0.